The van der Waals surface area contributed by atoms with Crippen LogP contribution in [-0.2, 0) is 14.9 Å². The van der Waals surface area contributed by atoms with Gasteiger partial charge in [-0.05, 0) is 52.7 Å². The Bertz CT molecular complexity index is 1740. The predicted octanol–water partition coefficient (Wildman–Crippen LogP) is 5.07. The fourth-order valence-corrected chi connectivity index (χ4v) is 4.52. The molecule has 0 aliphatic rings. The third kappa shape index (κ3) is 5.77. The molecule has 11 heteroatoms. The molecule has 0 heterocycles. The fraction of sp³-hybridized carbons (Fsp3) is 0.0370. The summed E-state index contributed by atoms with van der Waals surface area (Å²) in [5.74, 6) is -0.814. The molecular formula is C27H19N3O7S. The Morgan fingerprint density at radius 1 is 0.974 bits per heavy atom. The summed E-state index contributed by atoms with van der Waals surface area (Å²) >= 11 is 0. The maximum atomic E-state index is 12.7. The van der Waals surface area contributed by atoms with Crippen molar-refractivity contribution in [1.82, 2.24) is 0 Å². The smallest absolute Gasteiger partial charge is 0.339 e. The third-order valence-electron chi connectivity index (χ3n) is 5.39. The molecule has 190 valence electrons. The fourth-order valence-electron chi connectivity index (χ4n) is 3.54. The number of rotatable bonds is 8. The summed E-state index contributed by atoms with van der Waals surface area (Å²) in [6, 6.07) is 23.4. The van der Waals surface area contributed by atoms with Gasteiger partial charge in [0, 0.05) is 17.8 Å². The number of carbonyl (C=O) groups excluding carboxylic acids is 1. The number of hydrogen-bond donors (Lipinski definition) is 1. The van der Waals surface area contributed by atoms with E-state index in [2.05, 4.69) is 5.32 Å². The summed E-state index contributed by atoms with van der Waals surface area (Å²) in [7, 11) is -3.14. The number of nitriles is 1. The third-order valence-corrected chi connectivity index (χ3v) is 6.62. The van der Waals surface area contributed by atoms with Gasteiger partial charge in [0.2, 0.25) is 0 Å². The first-order chi connectivity index (χ1) is 18.2. The van der Waals surface area contributed by atoms with Gasteiger partial charge in [-0.2, -0.15) is 13.7 Å². The Hall–Kier alpha value is -5.21. The van der Waals surface area contributed by atoms with Crippen molar-refractivity contribution in [2.45, 2.75) is 4.90 Å². The lowest BCUT2D eigenvalue weighted by Gasteiger charge is -2.11. The second-order valence-electron chi connectivity index (χ2n) is 7.89. The Labute approximate surface area is 217 Å². The van der Waals surface area contributed by atoms with Gasteiger partial charge in [-0.3, -0.25) is 14.9 Å². The van der Waals surface area contributed by atoms with Crippen LogP contribution < -0.4 is 14.2 Å². The summed E-state index contributed by atoms with van der Waals surface area (Å²) in [5.41, 5.74) is 0.279. The number of carbonyl (C=O) groups is 1. The Morgan fingerprint density at radius 3 is 2.45 bits per heavy atom. The van der Waals surface area contributed by atoms with E-state index in [4.69, 9.17) is 8.92 Å². The van der Waals surface area contributed by atoms with Crippen molar-refractivity contribution in [3.63, 3.8) is 0 Å². The van der Waals surface area contributed by atoms with E-state index in [1.807, 2.05) is 36.4 Å². The van der Waals surface area contributed by atoms with E-state index in [1.54, 1.807) is 12.1 Å². The van der Waals surface area contributed by atoms with Crippen molar-refractivity contribution < 1.29 is 27.1 Å². The van der Waals surface area contributed by atoms with Crippen LogP contribution in [0, 0.1) is 21.4 Å². The van der Waals surface area contributed by atoms with E-state index in [1.165, 1.54) is 43.5 Å². The number of ether oxygens (including phenoxy) is 1. The molecule has 0 spiro atoms. The topological polar surface area (TPSA) is 149 Å². The zero-order valence-electron chi connectivity index (χ0n) is 19.8. The lowest BCUT2D eigenvalue weighted by Crippen LogP contribution is -2.13. The maximum absolute atomic E-state index is 12.7. The minimum atomic E-state index is -4.42. The lowest BCUT2D eigenvalue weighted by atomic mass is 10.1. The molecule has 0 saturated heterocycles. The summed E-state index contributed by atoms with van der Waals surface area (Å²) in [4.78, 5) is 22.6. The SMILES string of the molecule is COc1cc(/C=C(\C#N)C(=O)Nc2ccc3ccccc3c2)ccc1OS(=O)(=O)c1cccc([N+](=O)[O-])c1. The van der Waals surface area contributed by atoms with Crippen molar-refractivity contribution in [3.8, 4) is 17.6 Å². The summed E-state index contributed by atoms with van der Waals surface area (Å²) in [6.07, 6.45) is 1.32. The van der Waals surface area contributed by atoms with Gasteiger partial charge in [0.25, 0.3) is 11.6 Å². The van der Waals surface area contributed by atoms with Crippen LogP contribution in [0.5, 0.6) is 11.5 Å². The largest absolute Gasteiger partial charge is 0.493 e. The van der Waals surface area contributed by atoms with Gasteiger partial charge in [0.05, 0.1) is 12.0 Å². The molecule has 4 aromatic rings. The maximum Gasteiger partial charge on any atom is 0.339 e. The number of anilines is 1. The van der Waals surface area contributed by atoms with E-state index in [9.17, 15) is 28.6 Å². The number of methoxy groups -OCH3 is 1. The molecule has 0 fully saturated rings. The molecule has 0 radical (unpaired) electrons. The predicted molar refractivity (Wildman–Crippen MR) is 140 cm³/mol. The van der Waals surface area contributed by atoms with Crippen LogP contribution in [0.3, 0.4) is 0 Å². The standard InChI is InChI=1S/C27H19N3O7S/c1-36-26-14-18(9-12-25(26)37-38(34,35)24-8-4-7-23(16-24)30(32)33)13-21(17-28)27(31)29-22-11-10-19-5-2-3-6-20(19)15-22/h2-16H,1H3,(H,29,31)/b21-13+. The number of nitro groups is 1. The molecule has 0 aliphatic carbocycles. The highest BCUT2D eigenvalue weighted by Crippen LogP contribution is 2.32. The molecule has 0 aromatic heterocycles. The van der Waals surface area contributed by atoms with Gasteiger partial charge in [-0.1, -0.05) is 42.5 Å². The molecule has 0 atom stereocenters. The van der Waals surface area contributed by atoms with E-state index in [0.717, 1.165) is 22.9 Å². The molecule has 0 unspecified atom stereocenters. The van der Waals surface area contributed by atoms with E-state index in [0.29, 0.717) is 11.3 Å². The zero-order valence-corrected chi connectivity index (χ0v) is 20.6. The number of nitrogens with zero attached hydrogens (tertiary/aromatic N) is 2. The zero-order chi connectivity index (χ0) is 27.3. The van der Waals surface area contributed by atoms with Gasteiger partial charge < -0.3 is 14.2 Å². The highest BCUT2D eigenvalue weighted by molar-refractivity contribution is 7.87. The lowest BCUT2D eigenvalue weighted by molar-refractivity contribution is -0.385. The molecule has 1 N–H and O–H groups in total. The second kappa shape index (κ2) is 10.8. The van der Waals surface area contributed by atoms with Crippen LogP contribution in [0.15, 0.2) is 95.4 Å². The average molecular weight is 530 g/mol. The molecule has 4 aromatic carbocycles. The molecule has 0 bridgehead atoms. The number of hydrogen-bond acceptors (Lipinski definition) is 8. The Morgan fingerprint density at radius 2 is 1.74 bits per heavy atom. The minimum absolute atomic E-state index is 0.0000157. The summed E-state index contributed by atoms with van der Waals surface area (Å²) < 4.78 is 35.8. The van der Waals surface area contributed by atoms with Crippen molar-refractivity contribution in [2.24, 2.45) is 0 Å². The molecule has 10 nitrogen and oxygen atoms in total. The van der Waals surface area contributed by atoms with Crippen molar-refractivity contribution >= 4 is 44.2 Å². The first kappa shape index (κ1) is 25.9. The van der Waals surface area contributed by atoms with Gasteiger partial charge in [-0.25, -0.2) is 0 Å². The van der Waals surface area contributed by atoms with E-state index >= 15 is 0 Å². The number of amides is 1. The number of fused-ring (bicyclic) bond motifs is 1. The second-order valence-corrected chi connectivity index (χ2v) is 9.43. The van der Waals surface area contributed by atoms with Crippen LogP contribution >= 0.6 is 0 Å². The normalized spacial score (nSPS) is 11.4. The summed E-state index contributed by atoms with van der Waals surface area (Å²) in [5, 5.41) is 25.2. The first-order valence-corrected chi connectivity index (χ1v) is 12.4. The van der Waals surface area contributed by atoms with E-state index < -0.39 is 31.5 Å². The number of nitrogens with one attached hydrogen (secondary N) is 1. The summed E-state index contributed by atoms with van der Waals surface area (Å²) in [6.45, 7) is 0. The van der Waals surface area contributed by atoms with Gasteiger partial charge in [0.15, 0.2) is 11.5 Å². The quantitative estimate of drug-likeness (QED) is 0.109. The molecular weight excluding hydrogens is 510 g/mol. The Kier molecular flexibility index (Phi) is 7.36. The molecule has 0 saturated carbocycles. The van der Waals surface area contributed by atoms with Crippen LogP contribution in [0.25, 0.3) is 16.8 Å². The molecule has 1 amide bonds. The van der Waals surface area contributed by atoms with Crippen LogP contribution in [0.2, 0.25) is 0 Å². The van der Waals surface area contributed by atoms with E-state index in [-0.39, 0.29) is 17.1 Å². The molecule has 0 aliphatic heterocycles. The highest BCUT2D eigenvalue weighted by atomic mass is 32.2. The number of non-ortho nitro benzene ring substituents is 1. The monoisotopic (exact) mass is 529 g/mol. The van der Waals surface area contributed by atoms with Crippen molar-refractivity contribution in [1.29, 1.82) is 5.26 Å². The van der Waals surface area contributed by atoms with Gasteiger partial charge in [-0.15, -0.1) is 0 Å². The Balaban J connectivity index is 1.56. The number of nitro benzene ring substituents is 1. The van der Waals surface area contributed by atoms with Crippen LogP contribution in [0.4, 0.5) is 11.4 Å². The minimum Gasteiger partial charge on any atom is -0.493 e. The number of benzene rings is 4. The average Bonchev–Trinajstić information content (AvgIpc) is 2.92. The van der Waals surface area contributed by atoms with Gasteiger partial charge >= 0.3 is 10.1 Å². The highest BCUT2D eigenvalue weighted by Gasteiger charge is 2.22. The van der Waals surface area contributed by atoms with Crippen molar-refractivity contribution in [2.75, 3.05) is 12.4 Å². The molecule has 38 heavy (non-hydrogen) atoms. The first-order valence-electron chi connectivity index (χ1n) is 11.0. The van der Waals surface area contributed by atoms with Gasteiger partial charge in [0.1, 0.15) is 16.5 Å². The van der Waals surface area contributed by atoms with Crippen LogP contribution in [-0.4, -0.2) is 26.4 Å². The van der Waals surface area contributed by atoms with Crippen molar-refractivity contribution in [3.05, 3.63) is 106 Å². The molecule has 4 rings (SSSR count). The van der Waals surface area contributed by atoms with Crippen LogP contribution in [0.1, 0.15) is 5.56 Å².